The molecule has 2 aromatic carbocycles. The van der Waals surface area contributed by atoms with Gasteiger partial charge in [-0.15, -0.1) is 15.3 Å². The van der Waals surface area contributed by atoms with E-state index in [0.717, 1.165) is 11.8 Å². The van der Waals surface area contributed by atoms with E-state index in [1.807, 2.05) is 0 Å². The lowest BCUT2D eigenvalue weighted by atomic mass is 10.2. The number of hydrogen-bond donors (Lipinski definition) is 0. The molecule has 0 bridgehead atoms. The summed E-state index contributed by atoms with van der Waals surface area (Å²) in [5.74, 6) is -0.0262. The van der Waals surface area contributed by atoms with Crippen LogP contribution in [0, 0.1) is 5.82 Å². The summed E-state index contributed by atoms with van der Waals surface area (Å²) >= 11 is 1.13. The minimum atomic E-state index is -0.637. The number of aromatic nitrogens is 5. The maximum Gasteiger partial charge on any atom is 0.278 e. The maximum atomic E-state index is 13.7. The molecule has 0 aliphatic carbocycles. The smallest absolute Gasteiger partial charge is 0.278 e. The van der Waals surface area contributed by atoms with Gasteiger partial charge in [-0.25, -0.2) is 4.39 Å². The van der Waals surface area contributed by atoms with E-state index < -0.39 is 11.9 Å². The predicted molar refractivity (Wildman–Crippen MR) is 99.4 cm³/mol. The molecular weight excluding hydrogens is 385 g/mol. The number of thioether (sulfide) groups is 1. The molecule has 0 N–H and O–H groups in total. The molecule has 4 rings (SSSR count). The van der Waals surface area contributed by atoms with Gasteiger partial charge in [0.15, 0.2) is 17.7 Å². The van der Waals surface area contributed by atoms with E-state index in [-0.39, 0.29) is 28.3 Å². The number of fused-ring (bicyclic) bond motifs is 1. The average Bonchev–Trinajstić information content (AvgIpc) is 3.19. The minimum Gasteiger partial charge on any atom is -0.478 e. The first-order chi connectivity index (χ1) is 13.6. The molecule has 10 heteroatoms. The van der Waals surface area contributed by atoms with Gasteiger partial charge in [0, 0.05) is 0 Å². The summed E-state index contributed by atoms with van der Waals surface area (Å²) < 4.78 is 26.0. The monoisotopic (exact) mass is 399 g/mol. The summed E-state index contributed by atoms with van der Waals surface area (Å²) in [7, 11) is 0. The molecule has 0 fully saturated rings. The highest BCUT2D eigenvalue weighted by atomic mass is 32.2. The molecule has 2 aromatic heterocycles. The Morgan fingerprint density at radius 1 is 1.14 bits per heavy atom. The lowest BCUT2D eigenvalue weighted by molar-refractivity contribution is 0.174. The van der Waals surface area contributed by atoms with Crippen LogP contribution >= 0.6 is 11.8 Å². The van der Waals surface area contributed by atoms with E-state index >= 15 is 0 Å². The molecular formula is C18H14FN5O3S. The van der Waals surface area contributed by atoms with Crippen LogP contribution in [-0.4, -0.2) is 25.2 Å². The van der Waals surface area contributed by atoms with E-state index in [4.69, 9.17) is 9.15 Å². The van der Waals surface area contributed by atoms with Crippen molar-refractivity contribution in [1.29, 1.82) is 0 Å². The molecule has 0 saturated carbocycles. The second-order valence-corrected chi connectivity index (χ2v) is 6.68. The van der Waals surface area contributed by atoms with Crippen LogP contribution < -0.4 is 10.3 Å². The van der Waals surface area contributed by atoms with Gasteiger partial charge in [0.1, 0.15) is 11.4 Å². The van der Waals surface area contributed by atoms with Crippen molar-refractivity contribution in [3.8, 4) is 5.75 Å². The number of ether oxygens (including phenoxy) is 1. The average molecular weight is 399 g/mol. The molecule has 0 radical (unpaired) electrons. The topological polar surface area (TPSA) is 95.9 Å². The normalized spacial score (nSPS) is 12.2. The fourth-order valence-corrected chi connectivity index (χ4v) is 3.09. The molecule has 8 nitrogen and oxygen atoms in total. The summed E-state index contributed by atoms with van der Waals surface area (Å²) in [6.07, 6.45) is -0.637. The molecule has 1 atom stereocenters. The van der Waals surface area contributed by atoms with Crippen molar-refractivity contribution in [2.45, 2.75) is 24.1 Å². The summed E-state index contributed by atoms with van der Waals surface area (Å²) in [6.45, 7) is 1.67. The molecule has 4 aromatic rings. The van der Waals surface area contributed by atoms with E-state index in [9.17, 15) is 9.18 Å². The zero-order valence-electron chi connectivity index (χ0n) is 14.7. The first kappa shape index (κ1) is 18.1. The SMILES string of the molecule is C[C@H](Oc1ccccc1F)c1nnc(SCn2nnc3ccccc3c2=O)o1. The fourth-order valence-electron chi connectivity index (χ4n) is 2.45. The lowest BCUT2D eigenvalue weighted by Crippen LogP contribution is -2.23. The Kier molecular flexibility index (Phi) is 5.02. The van der Waals surface area contributed by atoms with Gasteiger partial charge in [-0.2, -0.15) is 4.68 Å². The van der Waals surface area contributed by atoms with Gasteiger partial charge in [0.25, 0.3) is 16.7 Å². The van der Waals surface area contributed by atoms with Gasteiger partial charge in [0.2, 0.25) is 0 Å². The van der Waals surface area contributed by atoms with Crippen LogP contribution in [0.3, 0.4) is 0 Å². The van der Waals surface area contributed by atoms with Crippen molar-refractivity contribution in [2.24, 2.45) is 0 Å². The van der Waals surface area contributed by atoms with Crippen molar-refractivity contribution >= 4 is 22.7 Å². The fraction of sp³-hybridized carbons (Fsp3) is 0.167. The Hall–Kier alpha value is -3.27. The Morgan fingerprint density at radius 2 is 1.93 bits per heavy atom. The van der Waals surface area contributed by atoms with Gasteiger partial charge in [-0.05, 0) is 43.0 Å². The number of rotatable bonds is 6. The van der Waals surface area contributed by atoms with Crippen molar-refractivity contribution < 1.29 is 13.5 Å². The van der Waals surface area contributed by atoms with Gasteiger partial charge >= 0.3 is 0 Å². The lowest BCUT2D eigenvalue weighted by Gasteiger charge is -2.11. The molecule has 0 aliphatic heterocycles. The van der Waals surface area contributed by atoms with Crippen molar-refractivity contribution in [1.82, 2.24) is 25.2 Å². The summed E-state index contributed by atoms with van der Waals surface area (Å²) in [4.78, 5) is 12.4. The Balaban J connectivity index is 1.45. The second kappa shape index (κ2) is 7.77. The summed E-state index contributed by atoms with van der Waals surface area (Å²) in [5.41, 5.74) is 0.280. The van der Waals surface area contributed by atoms with Crippen molar-refractivity contribution in [3.05, 3.63) is 70.6 Å². The predicted octanol–water partition coefficient (Wildman–Crippen LogP) is 3.20. The van der Waals surface area contributed by atoms with Gasteiger partial charge in [-0.3, -0.25) is 4.79 Å². The Morgan fingerprint density at radius 3 is 2.79 bits per heavy atom. The zero-order chi connectivity index (χ0) is 19.5. The number of halogens is 1. The molecule has 0 aliphatic rings. The highest BCUT2D eigenvalue weighted by molar-refractivity contribution is 7.98. The molecule has 28 heavy (non-hydrogen) atoms. The molecule has 2 heterocycles. The third kappa shape index (κ3) is 3.72. The van der Waals surface area contributed by atoms with Crippen LogP contribution in [0.2, 0.25) is 0 Å². The Labute approximate surface area is 162 Å². The van der Waals surface area contributed by atoms with Crippen molar-refractivity contribution in [2.75, 3.05) is 0 Å². The highest BCUT2D eigenvalue weighted by Crippen LogP contribution is 2.25. The van der Waals surface area contributed by atoms with Gasteiger partial charge in [0.05, 0.1) is 5.39 Å². The largest absolute Gasteiger partial charge is 0.478 e. The molecule has 0 amide bonds. The first-order valence-electron chi connectivity index (χ1n) is 8.32. The quantitative estimate of drug-likeness (QED) is 0.456. The highest BCUT2D eigenvalue weighted by Gasteiger charge is 2.18. The number of para-hydroxylation sites is 1. The van der Waals surface area contributed by atoms with Crippen molar-refractivity contribution in [3.63, 3.8) is 0 Å². The number of hydrogen-bond acceptors (Lipinski definition) is 8. The molecule has 0 saturated heterocycles. The van der Waals surface area contributed by atoms with Crippen LogP contribution in [0.25, 0.3) is 10.9 Å². The first-order valence-corrected chi connectivity index (χ1v) is 9.30. The van der Waals surface area contributed by atoms with E-state index in [1.54, 1.807) is 43.3 Å². The summed E-state index contributed by atoms with van der Waals surface area (Å²) in [5, 5.41) is 16.5. The van der Waals surface area contributed by atoms with E-state index in [2.05, 4.69) is 20.5 Å². The summed E-state index contributed by atoms with van der Waals surface area (Å²) in [6, 6.07) is 13.0. The van der Waals surface area contributed by atoms with Crippen LogP contribution in [0.5, 0.6) is 5.75 Å². The van der Waals surface area contributed by atoms with Gasteiger partial charge in [-0.1, -0.05) is 29.5 Å². The second-order valence-electron chi connectivity index (χ2n) is 5.78. The third-order valence-corrected chi connectivity index (χ3v) is 4.64. The number of benzene rings is 2. The number of nitrogens with zero attached hydrogens (tertiary/aromatic N) is 5. The van der Waals surface area contributed by atoms with E-state index in [0.29, 0.717) is 10.9 Å². The van der Waals surface area contributed by atoms with Crippen LogP contribution in [-0.2, 0) is 5.88 Å². The standard InChI is InChI=1S/C18H14FN5O3S/c1-11(26-15-9-5-3-7-13(15)19)16-21-22-18(27-16)28-10-24-17(25)12-6-2-4-8-14(12)20-23-24/h2-9,11H,10H2,1H3/t11-/m0/s1. The van der Waals surface area contributed by atoms with Gasteiger partial charge < -0.3 is 9.15 Å². The van der Waals surface area contributed by atoms with Crippen LogP contribution in [0.15, 0.2) is 63.0 Å². The minimum absolute atomic E-state index is 0.0976. The van der Waals surface area contributed by atoms with Crippen LogP contribution in [0.4, 0.5) is 4.39 Å². The third-order valence-electron chi connectivity index (χ3n) is 3.85. The van der Waals surface area contributed by atoms with Crippen LogP contribution in [0.1, 0.15) is 18.9 Å². The molecule has 142 valence electrons. The zero-order valence-corrected chi connectivity index (χ0v) is 15.5. The van der Waals surface area contributed by atoms with E-state index in [1.165, 1.54) is 16.8 Å². The molecule has 0 unspecified atom stereocenters. The Bertz CT molecular complexity index is 1180. The maximum absolute atomic E-state index is 13.7. The molecule has 0 spiro atoms.